The third-order valence-corrected chi connectivity index (χ3v) is 8.32. The van der Waals surface area contributed by atoms with Crippen molar-refractivity contribution in [3.63, 3.8) is 0 Å². The average Bonchev–Trinajstić information content (AvgIpc) is 3.36. The molecule has 0 aliphatic carbocycles. The van der Waals surface area contributed by atoms with Gasteiger partial charge in [0.05, 0.1) is 23.5 Å². The quantitative estimate of drug-likeness (QED) is 0.562. The van der Waals surface area contributed by atoms with E-state index in [-0.39, 0.29) is 30.6 Å². The number of aryl methyl sites for hydroxylation is 1. The lowest BCUT2D eigenvalue weighted by molar-refractivity contribution is -0.202. The molecular formula is C24H26N2O5. The molecule has 5 heterocycles. The normalized spacial score (nSPS) is 35.5. The van der Waals surface area contributed by atoms with Crippen molar-refractivity contribution < 1.29 is 23.9 Å². The van der Waals surface area contributed by atoms with Crippen LogP contribution in [0.25, 0.3) is 10.9 Å². The minimum Gasteiger partial charge on any atom is -0.464 e. The molecule has 7 heteroatoms. The summed E-state index contributed by atoms with van der Waals surface area (Å²) in [4.78, 5) is 42.9. The minimum atomic E-state index is -1.64. The van der Waals surface area contributed by atoms with Crippen LogP contribution >= 0.6 is 0 Å². The predicted octanol–water partition coefficient (Wildman–Crippen LogP) is 2.91. The molecule has 3 saturated heterocycles. The van der Waals surface area contributed by atoms with Crippen LogP contribution < -0.4 is 0 Å². The maximum absolute atomic E-state index is 13.9. The molecule has 1 aromatic heterocycles. The number of rotatable bonds is 3. The molecule has 7 nitrogen and oxygen atoms in total. The number of benzene rings is 1. The van der Waals surface area contributed by atoms with Crippen LogP contribution in [0.5, 0.6) is 0 Å². The molecule has 2 aromatic rings. The van der Waals surface area contributed by atoms with Gasteiger partial charge in [-0.15, -0.1) is 0 Å². The van der Waals surface area contributed by atoms with Gasteiger partial charge in [0.1, 0.15) is 0 Å². The Balaban J connectivity index is 1.69. The van der Waals surface area contributed by atoms with E-state index in [2.05, 4.69) is 4.57 Å². The topological polar surface area (TPSA) is 77.8 Å². The molecule has 0 radical (unpaired) electrons. The van der Waals surface area contributed by atoms with E-state index < -0.39 is 22.7 Å². The number of aromatic nitrogens is 1. The number of nitrogens with zero attached hydrogens (tertiary/aromatic N) is 2. The molecule has 1 aromatic carbocycles. The van der Waals surface area contributed by atoms with Crippen molar-refractivity contribution in [2.45, 2.75) is 56.8 Å². The molecule has 31 heavy (non-hydrogen) atoms. The Hall–Kier alpha value is -2.67. The smallest absolute Gasteiger partial charge is 0.346 e. The SMILES string of the molecule is CCOC(=O)[C@]12C[C@H]3c4c(c5ccccc5n4C)C(=O)N4CCC[C@@](CC)(C1=O)[C@]34O2. The standard InChI is InChI=1S/C24H26N2O5/c1-4-22-11-8-12-26-19(27)17-14-9-6-7-10-16(14)25(3)18(17)15-13-23(20(22)28,21(29)30-5-2)31-24(15,22)26/h6-7,9-10,15H,4-5,8,11-13H2,1-3H3/t15-,22-,23-,24+/m0/s1. The number of hydrogen-bond acceptors (Lipinski definition) is 5. The lowest BCUT2D eigenvalue weighted by atomic mass is 9.54. The second kappa shape index (κ2) is 5.76. The fraction of sp³-hybridized carbons (Fsp3) is 0.542. The molecule has 1 spiro atoms. The maximum Gasteiger partial charge on any atom is 0.346 e. The molecule has 4 atom stereocenters. The monoisotopic (exact) mass is 422 g/mol. The van der Waals surface area contributed by atoms with Crippen LogP contribution in [0, 0.1) is 5.41 Å². The van der Waals surface area contributed by atoms with E-state index in [1.54, 1.807) is 11.8 Å². The number of carbonyl (C=O) groups excluding carboxylic acids is 3. The van der Waals surface area contributed by atoms with Gasteiger partial charge in [0.2, 0.25) is 5.60 Å². The molecule has 6 rings (SSSR count). The molecule has 4 aliphatic rings. The van der Waals surface area contributed by atoms with Crippen LogP contribution in [-0.2, 0) is 26.1 Å². The number of ketones is 1. The Morgan fingerprint density at radius 2 is 2.03 bits per heavy atom. The highest BCUT2D eigenvalue weighted by Crippen LogP contribution is 2.71. The zero-order valence-electron chi connectivity index (χ0n) is 18.1. The number of para-hydroxylation sites is 1. The Morgan fingerprint density at radius 3 is 2.77 bits per heavy atom. The van der Waals surface area contributed by atoms with Gasteiger partial charge in [-0.1, -0.05) is 25.1 Å². The van der Waals surface area contributed by atoms with Gasteiger partial charge in [-0.3, -0.25) is 9.59 Å². The maximum atomic E-state index is 13.9. The lowest BCUT2D eigenvalue weighted by Gasteiger charge is -2.57. The number of piperidine rings is 1. The summed E-state index contributed by atoms with van der Waals surface area (Å²) in [7, 11) is 1.96. The van der Waals surface area contributed by atoms with Gasteiger partial charge in [-0.2, -0.15) is 0 Å². The fourth-order valence-corrected chi connectivity index (χ4v) is 7.19. The first-order valence-electron chi connectivity index (χ1n) is 11.2. The number of amides is 1. The summed E-state index contributed by atoms with van der Waals surface area (Å²) >= 11 is 0. The summed E-state index contributed by atoms with van der Waals surface area (Å²) in [6, 6.07) is 7.88. The summed E-state index contributed by atoms with van der Waals surface area (Å²) in [5.41, 5.74) is -1.14. The van der Waals surface area contributed by atoms with Crippen molar-refractivity contribution in [1.82, 2.24) is 9.47 Å². The van der Waals surface area contributed by atoms with E-state index in [4.69, 9.17) is 9.47 Å². The van der Waals surface area contributed by atoms with Gasteiger partial charge in [-0.05, 0) is 32.3 Å². The highest BCUT2D eigenvalue weighted by atomic mass is 16.6. The van der Waals surface area contributed by atoms with Gasteiger partial charge >= 0.3 is 5.97 Å². The van der Waals surface area contributed by atoms with Crippen molar-refractivity contribution in [3.8, 4) is 0 Å². The van der Waals surface area contributed by atoms with Crippen molar-refractivity contribution >= 4 is 28.6 Å². The second-order valence-electron chi connectivity index (χ2n) is 9.26. The predicted molar refractivity (Wildman–Crippen MR) is 111 cm³/mol. The number of carbonyl (C=O) groups is 3. The van der Waals surface area contributed by atoms with Crippen molar-refractivity contribution in [1.29, 1.82) is 0 Å². The zero-order chi connectivity index (χ0) is 21.8. The third kappa shape index (κ3) is 1.78. The van der Waals surface area contributed by atoms with Crippen LogP contribution in [0.2, 0.25) is 0 Å². The number of hydrogen-bond donors (Lipinski definition) is 0. The number of esters is 1. The van der Waals surface area contributed by atoms with Crippen LogP contribution in [0.4, 0.5) is 0 Å². The van der Waals surface area contributed by atoms with E-state index in [0.29, 0.717) is 31.4 Å². The molecule has 0 N–H and O–H groups in total. The molecule has 4 aliphatic heterocycles. The van der Waals surface area contributed by atoms with Gasteiger partial charge in [0.25, 0.3) is 5.91 Å². The first-order chi connectivity index (χ1) is 14.9. The largest absolute Gasteiger partial charge is 0.464 e. The van der Waals surface area contributed by atoms with Crippen LogP contribution in [0.1, 0.15) is 61.5 Å². The van der Waals surface area contributed by atoms with E-state index in [0.717, 1.165) is 16.6 Å². The lowest BCUT2D eigenvalue weighted by Crippen LogP contribution is -2.70. The first kappa shape index (κ1) is 19.0. The molecule has 1 amide bonds. The van der Waals surface area contributed by atoms with E-state index in [9.17, 15) is 14.4 Å². The van der Waals surface area contributed by atoms with E-state index >= 15 is 0 Å². The highest BCUT2D eigenvalue weighted by Gasteiger charge is 2.85. The Bertz CT molecular complexity index is 1180. The van der Waals surface area contributed by atoms with Gasteiger partial charge in [-0.25, -0.2) is 4.79 Å². The molecule has 0 saturated carbocycles. The number of ether oxygens (including phenoxy) is 2. The molecule has 162 valence electrons. The van der Waals surface area contributed by atoms with Crippen molar-refractivity contribution in [2.24, 2.45) is 12.5 Å². The molecule has 3 fully saturated rings. The van der Waals surface area contributed by atoms with Gasteiger partial charge < -0.3 is 18.9 Å². The fourth-order valence-electron chi connectivity index (χ4n) is 7.19. The Morgan fingerprint density at radius 1 is 1.26 bits per heavy atom. The molecule has 0 unspecified atom stereocenters. The average molecular weight is 422 g/mol. The minimum absolute atomic E-state index is 0.102. The number of Topliss-reactive ketones (excluding diaryl/α,β-unsaturated/α-hetero) is 1. The second-order valence-corrected chi connectivity index (χ2v) is 9.26. The Kier molecular flexibility index (Phi) is 3.54. The van der Waals surface area contributed by atoms with Crippen molar-refractivity contribution in [3.05, 3.63) is 35.5 Å². The summed E-state index contributed by atoms with van der Waals surface area (Å²) in [5.74, 6) is -1.18. The molecular weight excluding hydrogens is 396 g/mol. The summed E-state index contributed by atoms with van der Waals surface area (Å²) in [5, 5.41) is 0.909. The van der Waals surface area contributed by atoms with Gasteiger partial charge in [0.15, 0.2) is 11.5 Å². The first-order valence-corrected chi connectivity index (χ1v) is 11.2. The van der Waals surface area contributed by atoms with Crippen molar-refractivity contribution in [2.75, 3.05) is 13.2 Å². The van der Waals surface area contributed by atoms with Crippen LogP contribution in [0.3, 0.4) is 0 Å². The van der Waals surface area contributed by atoms with Gasteiger partial charge in [0, 0.05) is 36.6 Å². The van der Waals surface area contributed by atoms with Crippen LogP contribution in [-0.4, -0.2) is 51.6 Å². The summed E-state index contributed by atoms with van der Waals surface area (Å²) in [6.07, 6.45) is 2.06. The Labute approximate surface area is 180 Å². The molecule has 2 bridgehead atoms. The van der Waals surface area contributed by atoms with E-state index in [1.807, 2.05) is 38.2 Å². The third-order valence-electron chi connectivity index (χ3n) is 8.32. The van der Waals surface area contributed by atoms with E-state index in [1.165, 1.54) is 0 Å². The number of fused-ring (bicyclic) bond motifs is 5. The summed E-state index contributed by atoms with van der Waals surface area (Å²) < 4.78 is 14.0. The highest BCUT2D eigenvalue weighted by molar-refractivity contribution is 6.16. The van der Waals surface area contributed by atoms with Crippen LogP contribution in [0.15, 0.2) is 24.3 Å². The summed E-state index contributed by atoms with van der Waals surface area (Å²) in [6.45, 7) is 4.40. The zero-order valence-corrected chi connectivity index (χ0v) is 18.1.